The van der Waals surface area contributed by atoms with E-state index in [1.165, 1.54) is 0 Å². The Morgan fingerprint density at radius 2 is 2.07 bits per heavy atom. The summed E-state index contributed by atoms with van der Waals surface area (Å²) in [5, 5.41) is 0. The van der Waals surface area contributed by atoms with Gasteiger partial charge in [-0.2, -0.15) is 13.1 Å². The smallest absolute Gasteiger partial charge is 0.421 e. The van der Waals surface area contributed by atoms with Crippen molar-refractivity contribution in [3.63, 3.8) is 0 Å². The highest BCUT2D eigenvalue weighted by Crippen LogP contribution is 1.86. The number of nitrogens with one attached hydrogen (secondary N) is 2. The van der Waals surface area contributed by atoms with Crippen LogP contribution < -0.4 is 9.44 Å². The van der Waals surface area contributed by atoms with Crippen LogP contribution in [0.1, 0.15) is 13.8 Å². The molecule has 0 unspecified atom stereocenters. The Morgan fingerprint density at radius 3 is 2.50 bits per heavy atom. The predicted molar refractivity (Wildman–Crippen MR) is 51.9 cm³/mol. The Kier molecular flexibility index (Phi) is 5.18. The van der Waals surface area contributed by atoms with Crippen LogP contribution in [-0.4, -0.2) is 27.7 Å². The SMILES string of the molecule is C=C(C)CNS(=O)(=O)NC(=O)OCC. The molecule has 0 bridgehead atoms. The van der Waals surface area contributed by atoms with Gasteiger partial charge in [-0.1, -0.05) is 12.2 Å². The van der Waals surface area contributed by atoms with Crippen molar-refractivity contribution in [1.29, 1.82) is 0 Å². The minimum Gasteiger partial charge on any atom is -0.449 e. The van der Waals surface area contributed by atoms with Crippen molar-refractivity contribution in [2.75, 3.05) is 13.2 Å². The van der Waals surface area contributed by atoms with E-state index in [1.807, 2.05) is 0 Å². The third-order valence-electron chi connectivity index (χ3n) is 1.06. The zero-order valence-electron chi connectivity index (χ0n) is 8.16. The Balaban J connectivity index is 4.08. The maximum absolute atomic E-state index is 11.1. The third kappa shape index (κ3) is 6.44. The van der Waals surface area contributed by atoms with Crippen molar-refractivity contribution in [3.8, 4) is 0 Å². The van der Waals surface area contributed by atoms with Crippen LogP contribution in [0.15, 0.2) is 12.2 Å². The van der Waals surface area contributed by atoms with Gasteiger partial charge in [0.1, 0.15) is 0 Å². The van der Waals surface area contributed by atoms with Gasteiger partial charge >= 0.3 is 16.3 Å². The third-order valence-corrected chi connectivity index (χ3v) is 2.02. The molecule has 1 amide bonds. The first kappa shape index (κ1) is 12.9. The maximum atomic E-state index is 11.1. The monoisotopic (exact) mass is 222 g/mol. The first-order chi connectivity index (χ1) is 6.37. The molecule has 0 fully saturated rings. The highest BCUT2D eigenvalue weighted by Gasteiger charge is 2.13. The van der Waals surface area contributed by atoms with Gasteiger partial charge in [0, 0.05) is 6.54 Å². The fourth-order valence-corrected chi connectivity index (χ4v) is 1.31. The van der Waals surface area contributed by atoms with Gasteiger partial charge in [-0.15, -0.1) is 0 Å². The minimum absolute atomic E-state index is 0.0781. The van der Waals surface area contributed by atoms with Crippen LogP contribution in [0.5, 0.6) is 0 Å². The van der Waals surface area contributed by atoms with E-state index in [2.05, 4.69) is 16.0 Å². The van der Waals surface area contributed by atoms with Gasteiger partial charge in [-0.05, 0) is 13.8 Å². The van der Waals surface area contributed by atoms with Crippen LogP contribution in [0.2, 0.25) is 0 Å². The predicted octanol–water partition coefficient (Wildman–Crippen LogP) is 0.143. The summed E-state index contributed by atoms with van der Waals surface area (Å²) >= 11 is 0. The van der Waals surface area contributed by atoms with Crippen molar-refractivity contribution in [1.82, 2.24) is 9.44 Å². The Bertz CT molecular complexity index is 310. The molecule has 7 heteroatoms. The second-order valence-corrected chi connectivity index (χ2v) is 4.10. The molecule has 0 aliphatic rings. The highest BCUT2D eigenvalue weighted by atomic mass is 32.2. The number of carbonyl (C=O) groups is 1. The van der Waals surface area contributed by atoms with Crippen molar-refractivity contribution in [3.05, 3.63) is 12.2 Å². The van der Waals surface area contributed by atoms with Crippen LogP contribution in [-0.2, 0) is 14.9 Å². The van der Waals surface area contributed by atoms with Crippen molar-refractivity contribution in [2.24, 2.45) is 0 Å². The van der Waals surface area contributed by atoms with Gasteiger partial charge < -0.3 is 4.74 Å². The molecule has 0 atom stereocenters. The zero-order valence-corrected chi connectivity index (χ0v) is 8.98. The Hall–Kier alpha value is -1.08. The molecule has 2 N–H and O–H groups in total. The molecule has 0 aromatic carbocycles. The summed E-state index contributed by atoms with van der Waals surface area (Å²) in [7, 11) is -3.83. The van der Waals surface area contributed by atoms with E-state index in [0.717, 1.165) is 0 Å². The van der Waals surface area contributed by atoms with Crippen LogP contribution in [0, 0.1) is 0 Å². The lowest BCUT2D eigenvalue weighted by Gasteiger charge is -2.07. The average molecular weight is 222 g/mol. The minimum atomic E-state index is -3.83. The van der Waals surface area contributed by atoms with Crippen molar-refractivity contribution in [2.45, 2.75) is 13.8 Å². The summed E-state index contributed by atoms with van der Waals surface area (Å²) in [4.78, 5) is 10.7. The second-order valence-electron chi connectivity index (χ2n) is 2.60. The standard InChI is InChI=1S/C7H14N2O4S/c1-4-13-7(10)9-14(11,12)8-5-6(2)3/h8H,2,4-5H2,1,3H3,(H,9,10). The molecule has 0 aliphatic heterocycles. The lowest BCUT2D eigenvalue weighted by molar-refractivity contribution is 0.158. The average Bonchev–Trinajstić information content (AvgIpc) is 2.00. The zero-order chi connectivity index (χ0) is 11.2. The first-order valence-corrected chi connectivity index (χ1v) is 5.44. The molecule has 0 rings (SSSR count). The van der Waals surface area contributed by atoms with Gasteiger partial charge in [-0.3, -0.25) is 0 Å². The van der Waals surface area contributed by atoms with Crippen LogP contribution in [0.4, 0.5) is 4.79 Å². The summed E-state index contributed by atoms with van der Waals surface area (Å²) in [5.74, 6) is 0. The van der Waals surface area contributed by atoms with E-state index in [4.69, 9.17) is 0 Å². The number of hydrogen-bond donors (Lipinski definition) is 2. The van der Waals surface area contributed by atoms with E-state index >= 15 is 0 Å². The molecule has 0 aromatic rings. The van der Waals surface area contributed by atoms with E-state index in [1.54, 1.807) is 18.6 Å². The number of rotatable bonds is 5. The maximum Gasteiger partial charge on any atom is 0.421 e. The quantitative estimate of drug-likeness (QED) is 0.648. The molecule has 82 valence electrons. The normalized spacial score (nSPS) is 10.7. The van der Waals surface area contributed by atoms with Crippen LogP contribution >= 0.6 is 0 Å². The summed E-state index contributed by atoms with van der Waals surface area (Å²) in [5.41, 5.74) is 0.638. The largest absolute Gasteiger partial charge is 0.449 e. The number of amides is 1. The van der Waals surface area contributed by atoms with Gasteiger partial charge in [0.05, 0.1) is 6.61 Å². The van der Waals surface area contributed by atoms with Crippen LogP contribution in [0.3, 0.4) is 0 Å². The Labute approximate surface area is 83.5 Å². The lowest BCUT2D eigenvalue weighted by Crippen LogP contribution is -2.41. The van der Waals surface area contributed by atoms with Crippen molar-refractivity contribution >= 4 is 16.3 Å². The molecule has 0 saturated carbocycles. The summed E-state index contributed by atoms with van der Waals surface area (Å²) in [6.07, 6.45) is -0.998. The van der Waals surface area contributed by atoms with Gasteiger partial charge in [0.25, 0.3) is 0 Å². The molecule has 0 heterocycles. The fourth-order valence-electron chi connectivity index (χ4n) is 0.525. The van der Waals surface area contributed by atoms with E-state index < -0.39 is 16.3 Å². The van der Waals surface area contributed by atoms with Crippen molar-refractivity contribution < 1.29 is 17.9 Å². The first-order valence-electron chi connectivity index (χ1n) is 3.96. The van der Waals surface area contributed by atoms with E-state index in [0.29, 0.717) is 5.57 Å². The molecule has 0 radical (unpaired) electrons. The fraction of sp³-hybridized carbons (Fsp3) is 0.571. The molecular formula is C7H14N2O4S. The molecule has 0 saturated heterocycles. The molecule has 6 nitrogen and oxygen atoms in total. The molecule has 0 spiro atoms. The molecule has 14 heavy (non-hydrogen) atoms. The van der Waals surface area contributed by atoms with Gasteiger partial charge in [-0.25, -0.2) is 9.52 Å². The lowest BCUT2D eigenvalue weighted by atomic mass is 10.4. The molecule has 0 aliphatic carbocycles. The summed E-state index contributed by atoms with van der Waals surface area (Å²) in [6, 6.07) is 0. The summed E-state index contributed by atoms with van der Waals surface area (Å²) < 4.78 is 30.3. The van der Waals surface area contributed by atoms with Crippen LogP contribution in [0.25, 0.3) is 0 Å². The topological polar surface area (TPSA) is 84.5 Å². The van der Waals surface area contributed by atoms with Gasteiger partial charge in [0.15, 0.2) is 0 Å². The number of hydrogen-bond acceptors (Lipinski definition) is 4. The van der Waals surface area contributed by atoms with E-state index in [9.17, 15) is 13.2 Å². The number of ether oxygens (including phenoxy) is 1. The van der Waals surface area contributed by atoms with Gasteiger partial charge in [0.2, 0.25) is 0 Å². The summed E-state index contributed by atoms with van der Waals surface area (Å²) in [6.45, 7) is 6.93. The van der Waals surface area contributed by atoms with E-state index in [-0.39, 0.29) is 13.2 Å². The Morgan fingerprint density at radius 1 is 1.50 bits per heavy atom. The highest BCUT2D eigenvalue weighted by molar-refractivity contribution is 7.88. The molecular weight excluding hydrogens is 208 g/mol. The second kappa shape index (κ2) is 5.61. The molecule has 0 aromatic heterocycles. The number of carbonyl (C=O) groups excluding carboxylic acids is 1.